The first-order chi connectivity index (χ1) is 0. The van der Waals surface area contributed by atoms with Crippen LogP contribution in [-0.4, -0.2) is 0 Å². The standard InChI is InChI=1S/2Ce.2Mo.3O.2Y/q2*+3;;;3*-2;;. The Morgan fingerprint density at radius 3 is 0.444 bits per heavy atom. The molecule has 9 heavy (non-hydrogen) atoms. The van der Waals surface area contributed by atoms with Crippen LogP contribution in [0.1, 0.15) is 0 Å². The van der Waals surface area contributed by atoms with E-state index in [1.165, 1.54) is 0 Å². The van der Waals surface area contributed by atoms with Gasteiger partial charge in [-0.25, -0.2) is 0 Å². The van der Waals surface area contributed by atoms with Gasteiger partial charge in [-0.15, -0.1) is 0 Å². The minimum atomic E-state index is 0. The summed E-state index contributed by atoms with van der Waals surface area (Å²) in [4.78, 5) is 0. The minimum Gasteiger partial charge on any atom is -2.00 e. The molecule has 0 saturated heterocycles. The second-order valence-electron chi connectivity index (χ2n) is 0. The monoisotopic (exact) mass is 701 g/mol. The van der Waals surface area contributed by atoms with Crippen molar-refractivity contribution in [3.05, 3.63) is 0 Å². The molecule has 0 aromatic carbocycles. The summed E-state index contributed by atoms with van der Waals surface area (Å²) in [6.07, 6.45) is 0. The van der Waals surface area contributed by atoms with E-state index in [4.69, 9.17) is 0 Å². The Morgan fingerprint density at radius 1 is 0.444 bits per heavy atom. The SMILES string of the molecule is [Ce+3].[Ce+3].[Mo].[Mo].[O-2].[O-2].[O-2].[Y].[Y]. The molecule has 0 rings (SSSR count). The van der Waals surface area contributed by atoms with Gasteiger partial charge in [0.25, 0.3) is 0 Å². The van der Waals surface area contributed by atoms with Crippen LogP contribution in [0.5, 0.6) is 0 Å². The van der Waals surface area contributed by atoms with Crippen LogP contribution in [0.2, 0.25) is 0 Å². The van der Waals surface area contributed by atoms with E-state index in [1.54, 1.807) is 0 Å². The molecule has 0 aliphatic rings. The number of rotatable bonds is 0. The molecule has 0 saturated carbocycles. The molecule has 0 heterocycles. The quantitative estimate of drug-likeness (QED) is 0.310. The van der Waals surface area contributed by atoms with Crippen molar-refractivity contribution in [3.63, 3.8) is 0 Å². The van der Waals surface area contributed by atoms with E-state index in [2.05, 4.69) is 0 Å². The van der Waals surface area contributed by atoms with E-state index in [0.717, 1.165) is 0 Å². The van der Waals surface area contributed by atoms with Crippen molar-refractivity contribution in [2.75, 3.05) is 0 Å². The molecule has 0 aromatic heterocycles. The maximum Gasteiger partial charge on any atom is 3.00 e. The van der Waals surface area contributed by atoms with Gasteiger partial charge in [0.05, 0.1) is 0 Å². The topological polar surface area (TPSA) is 85.5 Å². The maximum absolute atomic E-state index is 0. The molecule has 0 N–H and O–H groups in total. The van der Waals surface area contributed by atoms with E-state index >= 15 is 0 Å². The average Bonchev–Trinajstić information content (AvgIpc) is 0. The van der Waals surface area contributed by atoms with Gasteiger partial charge < -0.3 is 16.4 Å². The normalized spacial score (nSPS) is 0. The largest absolute Gasteiger partial charge is 3.00 e. The fourth-order valence-electron chi connectivity index (χ4n) is 0. The Morgan fingerprint density at radius 2 is 0.444 bits per heavy atom. The van der Waals surface area contributed by atoms with Crippen LogP contribution in [0.15, 0.2) is 0 Å². The molecule has 0 aliphatic carbocycles. The molecule has 0 atom stereocenters. The van der Waals surface area contributed by atoms with Crippen molar-refractivity contribution in [1.82, 2.24) is 0 Å². The zero-order valence-corrected chi connectivity index (χ0v) is 20.2. The van der Waals surface area contributed by atoms with Gasteiger partial charge in [0.1, 0.15) is 0 Å². The van der Waals surface area contributed by atoms with Crippen LogP contribution in [0.25, 0.3) is 0 Å². The fraction of sp³-hybridized carbons (Fsp3) is 0. The molecule has 0 aromatic rings. The third-order valence-electron chi connectivity index (χ3n) is 0. The summed E-state index contributed by atoms with van der Waals surface area (Å²) in [6, 6.07) is 0. The molecule has 3 nitrogen and oxygen atoms in total. The molecule has 0 spiro atoms. The molecule has 4 radical (unpaired) electrons. The van der Waals surface area contributed by atoms with Gasteiger partial charge in [-0.3, -0.25) is 0 Å². The number of hydrogen-bond donors (Lipinski definition) is 0. The maximum atomic E-state index is 0. The molecule has 0 unspecified atom stereocenters. The predicted octanol–water partition coefficient (Wildman–Crippen LogP) is -0.366. The Labute approximate surface area is 201 Å². The first-order valence-electron chi connectivity index (χ1n) is 0. The van der Waals surface area contributed by atoms with E-state index in [0.29, 0.717) is 0 Å². The third-order valence-corrected chi connectivity index (χ3v) is 0. The molecule has 0 amide bonds. The summed E-state index contributed by atoms with van der Waals surface area (Å²) < 4.78 is 0. The molecular weight excluding hydrogens is 698 g/mol. The molecular formula is Ce2Mo2O3Y2. The second kappa shape index (κ2) is 64.3. The fourth-order valence-corrected chi connectivity index (χ4v) is 0. The second-order valence-corrected chi connectivity index (χ2v) is 0. The van der Waals surface area contributed by atoms with E-state index < -0.39 is 0 Å². The van der Waals surface area contributed by atoms with Crippen LogP contribution in [0.3, 0.4) is 0 Å². The summed E-state index contributed by atoms with van der Waals surface area (Å²) in [5.74, 6) is 0. The first kappa shape index (κ1) is 79.6. The van der Waals surface area contributed by atoms with Crippen LogP contribution in [0, 0.1) is 83.5 Å². The molecule has 0 aliphatic heterocycles. The zero-order valence-electron chi connectivity index (χ0n) is 4.20. The Hall–Kier alpha value is 6.22. The Bertz CT molecular complexity index is 17.8. The van der Waals surface area contributed by atoms with Crippen molar-refractivity contribution < 1.29 is 207 Å². The third kappa shape index (κ3) is 54.9. The smallest absolute Gasteiger partial charge is 2.00 e. The molecule has 44 valence electrons. The zero-order chi connectivity index (χ0) is 0. The Kier molecular flexibility index (Phi) is 568. The predicted molar refractivity (Wildman–Crippen MR) is 2.06 cm³/mol. The van der Waals surface area contributed by atoms with Gasteiger partial charge in [0, 0.05) is 108 Å². The van der Waals surface area contributed by atoms with Crippen LogP contribution < -0.4 is 0 Å². The minimum absolute atomic E-state index is 0. The van der Waals surface area contributed by atoms with Crippen molar-refractivity contribution in [2.24, 2.45) is 0 Å². The van der Waals surface area contributed by atoms with Gasteiger partial charge in [0.2, 0.25) is 0 Å². The van der Waals surface area contributed by atoms with Crippen molar-refractivity contribution in [3.8, 4) is 0 Å². The molecule has 0 fully saturated rings. The van der Waals surface area contributed by atoms with E-state index in [-0.39, 0.29) is 207 Å². The van der Waals surface area contributed by atoms with Crippen LogP contribution in [0.4, 0.5) is 0 Å². The van der Waals surface area contributed by atoms with Gasteiger partial charge in [-0.1, -0.05) is 0 Å². The van der Waals surface area contributed by atoms with Crippen LogP contribution >= 0.6 is 0 Å². The summed E-state index contributed by atoms with van der Waals surface area (Å²) in [6.45, 7) is 0. The number of hydrogen-bond acceptors (Lipinski definition) is 0. The summed E-state index contributed by atoms with van der Waals surface area (Å²) in [5, 5.41) is 0. The van der Waals surface area contributed by atoms with E-state index in [9.17, 15) is 0 Å². The van der Waals surface area contributed by atoms with Crippen molar-refractivity contribution in [2.45, 2.75) is 0 Å². The van der Waals surface area contributed by atoms with Crippen molar-refractivity contribution >= 4 is 0 Å². The first-order valence-corrected chi connectivity index (χ1v) is 0. The van der Waals surface area contributed by atoms with Gasteiger partial charge in [0.15, 0.2) is 0 Å². The van der Waals surface area contributed by atoms with Gasteiger partial charge in [-0.05, 0) is 0 Å². The van der Waals surface area contributed by atoms with Gasteiger partial charge >= 0.3 is 83.5 Å². The Balaban J connectivity index is 0. The molecule has 9 heteroatoms. The summed E-state index contributed by atoms with van der Waals surface area (Å²) in [5.41, 5.74) is 0. The summed E-state index contributed by atoms with van der Waals surface area (Å²) in [7, 11) is 0. The average molecular weight is 698 g/mol. The van der Waals surface area contributed by atoms with Gasteiger partial charge in [-0.2, -0.15) is 0 Å². The summed E-state index contributed by atoms with van der Waals surface area (Å²) >= 11 is 0. The molecule has 0 bridgehead atoms. The van der Waals surface area contributed by atoms with Crippen LogP contribution in [-0.2, 0) is 124 Å². The van der Waals surface area contributed by atoms with E-state index in [1.807, 2.05) is 0 Å². The van der Waals surface area contributed by atoms with Crippen molar-refractivity contribution in [1.29, 1.82) is 0 Å².